The van der Waals surface area contributed by atoms with Gasteiger partial charge in [0.15, 0.2) is 0 Å². The number of nitrogens with zero attached hydrogens (tertiary/aromatic N) is 3. The minimum Gasteiger partial charge on any atom is -0.371 e. The highest BCUT2D eigenvalue weighted by Gasteiger charge is 2.20. The van der Waals surface area contributed by atoms with Gasteiger partial charge in [0, 0.05) is 18.8 Å². The van der Waals surface area contributed by atoms with E-state index in [-0.39, 0.29) is 0 Å². The van der Waals surface area contributed by atoms with Crippen molar-refractivity contribution in [1.29, 1.82) is 5.26 Å². The summed E-state index contributed by atoms with van der Waals surface area (Å²) >= 11 is 0. The zero-order valence-corrected chi connectivity index (χ0v) is 15.7. The number of aromatic amines is 1. The van der Waals surface area contributed by atoms with Gasteiger partial charge < -0.3 is 9.88 Å². The standard InChI is InChI=1S/C23H24N4/c1-27(19-10-3-2-4-11-19)22-14-8-5-9-17(22)15-18(16-24)23-25-20-12-6-7-13-21(20)26-23/h5-9,12-15,19H,2-4,10-11H2,1H3,(H,25,26)/b18-15-. The van der Waals surface area contributed by atoms with Gasteiger partial charge in [0.1, 0.15) is 11.9 Å². The highest BCUT2D eigenvalue weighted by molar-refractivity contribution is 5.92. The van der Waals surface area contributed by atoms with E-state index in [4.69, 9.17) is 0 Å². The molecular formula is C23H24N4. The second-order valence-corrected chi connectivity index (χ2v) is 7.23. The number of aromatic nitrogens is 2. The Labute approximate surface area is 160 Å². The van der Waals surface area contributed by atoms with Gasteiger partial charge in [0.05, 0.1) is 16.6 Å². The topological polar surface area (TPSA) is 55.7 Å². The van der Waals surface area contributed by atoms with Crippen molar-refractivity contribution in [2.24, 2.45) is 0 Å². The summed E-state index contributed by atoms with van der Waals surface area (Å²) in [6, 6.07) is 19.1. The van der Waals surface area contributed by atoms with Gasteiger partial charge in [-0.25, -0.2) is 4.98 Å². The molecule has 1 N–H and O–H groups in total. The van der Waals surface area contributed by atoms with E-state index >= 15 is 0 Å². The van der Waals surface area contributed by atoms with Gasteiger partial charge in [0.2, 0.25) is 0 Å². The lowest BCUT2D eigenvalue weighted by Gasteiger charge is -2.34. The number of fused-ring (bicyclic) bond motifs is 1. The number of allylic oxidation sites excluding steroid dienone is 1. The van der Waals surface area contributed by atoms with Crippen LogP contribution in [-0.4, -0.2) is 23.1 Å². The lowest BCUT2D eigenvalue weighted by atomic mass is 9.93. The molecule has 27 heavy (non-hydrogen) atoms. The number of anilines is 1. The van der Waals surface area contributed by atoms with Gasteiger partial charge in [0.25, 0.3) is 0 Å². The normalized spacial score (nSPS) is 15.6. The molecule has 0 radical (unpaired) electrons. The lowest BCUT2D eigenvalue weighted by molar-refractivity contribution is 0.427. The first-order chi connectivity index (χ1) is 13.3. The van der Waals surface area contributed by atoms with Crippen LogP contribution in [0.1, 0.15) is 43.5 Å². The first-order valence-corrected chi connectivity index (χ1v) is 9.65. The highest BCUT2D eigenvalue weighted by atomic mass is 15.1. The molecule has 0 spiro atoms. The number of nitrogens with one attached hydrogen (secondary N) is 1. The second kappa shape index (κ2) is 7.67. The molecule has 1 fully saturated rings. The van der Waals surface area contributed by atoms with Crippen molar-refractivity contribution < 1.29 is 0 Å². The molecule has 0 bridgehead atoms. The van der Waals surface area contributed by atoms with Crippen molar-refractivity contribution in [3.05, 3.63) is 59.9 Å². The molecule has 0 atom stereocenters. The summed E-state index contributed by atoms with van der Waals surface area (Å²) < 4.78 is 0. The van der Waals surface area contributed by atoms with Gasteiger partial charge in [-0.05, 0) is 42.7 Å². The third kappa shape index (κ3) is 3.59. The number of imidazole rings is 1. The number of nitriles is 1. The molecule has 1 saturated carbocycles. The molecule has 4 nitrogen and oxygen atoms in total. The van der Waals surface area contributed by atoms with Gasteiger partial charge >= 0.3 is 0 Å². The zero-order valence-electron chi connectivity index (χ0n) is 15.7. The predicted octanol–water partition coefficient (Wildman–Crippen LogP) is 5.40. The molecule has 2 aromatic carbocycles. The number of para-hydroxylation sites is 3. The van der Waals surface area contributed by atoms with Gasteiger partial charge in [-0.15, -0.1) is 0 Å². The number of H-pyrrole nitrogens is 1. The Morgan fingerprint density at radius 3 is 2.63 bits per heavy atom. The Balaban J connectivity index is 1.70. The molecule has 4 rings (SSSR count). The van der Waals surface area contributed by atoms with Crippen molar-refractivity contribution in [3.8, 4) is 6.07 Å². The third-order valence-electron chi connectivity index (χ3n) is 5.50. The first-order valence-electron chi connectivity index (χ1n) is 9.65. The maximum atomic E-state index is 9.75. The summed E-state index contributed by atoms with van der Waals surface area (Å²) in [5.74, 6) is 0.619. The molecule has 136 valence electrons. The molecule has 1 aromatic heterocycles. The molecule has 1 aliphatic rings. The molecule has 1 aliphatic carbocycles. The Morgan fingerprint density at radius 1 is 1.11 bits per heavy atom. The molecule has 4 heteroatoms. The Hall–Kier alpha value is -3.06. The number of benzene rings is 2. The van der Waals surface area contributed by atoms with Crippen molar-refractivity contribution in [2.45, 2.75) is 38.1 Å². The van der Waals surface area contributed by atoms with Gasteiger partial charge in [-0.1, -0.05) is 49.6 Å². The largest absolute Gasteiger partial charge is 0.371 e. The Kier molecular flexibility index (Phi) is 4.93. The fourth-order valence-corrected chi connectivity index (χ4v) is 3.99. The third-order valence-corrected chi connectivity index (χ3v) is 5.50. The minimum atomic E-state index is 0.552. The van der Waals surface area contributed by atoms with E-state index in [1.54, 1.807) is 0 Å². The van der Waals surface area contributed by atoms with Crippen molar-refractivity contribution in [2.75, 3.05) is 11.9 Å². The number of hydrogen-bond acceptors (Lipinski definition) is 3. The van der Waals surface area contributed by atoms with Crippen LogP contribution < -0.4 is 4.90 Å². The van der Waals surface area contributed by atoms with Crippen LogP contribution >= 0.6 is 0 Å². The maximum Gasteiger partial charge on any atom is 0.149 e. The van der Waals surface area contributed by atoms with E-state index in [1.165, 1.54) is 37.8 Å². The molecule has 0 amide bonds. The van der Waals surface area contributed by atoms with Crippen LogP contribution in [0.25, 0.3) is 22.7 Å². The van der Waals surface area contributed by atoms with Crippen molar-refractivity contribution in [3.63, 3.8) is 0 Å². The summed E-state index contributed by atoms with van der Waals surface area (Å²) in [7, 11) is 2.18. The van der Waals surface area contributed by atoms with Crippen LogP contribution in [0.4, 0.5) is 5.69 Å². The van der Waals surface area contributed by atoms with Crippen LogP contribution in [0, 0.1) is 11.3 Å². The molecule has 1 heterocycles. The Bertz CT molecular complexity index is 969. The summed E-state index contributed by atoms with van der Waals surface area (Å²) in [5.41, 5.74) is 4.61. The minimum absolute atomic E-state index is 0.552. The zero-order chi connectivity index (χ0) is 18.6. The molecule has 0 aliphatic heterocycles. The molecular weight excluding hydrogens is 332 g/mol. The fraction of sp³-hybridized carbons (Fsp3) is 0.304. The van der Waals surface area contributed by atoms with Crippen LogP contribution in [-0.2, 0) is 0 Å². The summed E-state index contributed by atoms with van der Waals surface area (Å²) in [6.45, 7) is 0. The SMILES string of the molecule is CN(c1ccccc1/C=C(/C#N)c1nc2ccccc2[nH]1)C1CCCCC1. The van der Waals surface area contributed by atoms with E-state index in [9.17, 15) is 5.26 Å². The van der Waals surface area contributed by atoms with Crippen LogP contribution in [0.15, 0.2) is 48.5 Å². The molecule has 0 saturated heterocycles. The molecule has 3 aromatic rings. The smallest absolute Gasteiger partial charge is 0.149 e. The van der Waals surface area contributed by atoms with E-state index in [0.717, 1.165) is 16.6 Å². The van der Waals surface area contributed by atoms with Crippen LogP contribution in [0.3, 0.4) is 0 Å². The summed E-state index contributed by atoms with van der Waals surface area (Å²) in [5, 5.41) is 9.75. The first kappa shape index (κ1) is 17.4. The molecule has 0 unspecified atom stereocenters. The van der Waals surface area contributed by atoms with E-state index in [1.807, 2.05) is 36.4 Å². The van der Waals surface area contributed by atoms with Crippen LogP contribution in [0.5, 0.6) is 0 Å². The van der Waals surface area contributed by atoms with Crippen molar-refractivity contribution >= 4 is 28.4 Å². The van der Waals surface area contributed by atoms with E-state index in [2.05, 4.69) is 46.2 Å². The average Bonchev–Trinajstić information content (AvgIpc) is 3.16. The monoisotopic (exact) mass is 356 g/mol. The summed E-state index contributed by atoms with van der Waals surface area (Å²) in [4.78, 5) is 10.2. The van der Waals surface area contributed by atoms with Gasteiger partial charge in [-0.2, -0.15) is 5.26 Å². The van der Waals surface area contributed by atoms with Crippen LogP contribution in [0.2, 0.25) is 0 Å². The quantitative estimate of drug-likeness (QED) is 0.637. The lowest BCUT2D eigenvalue weighted by Crippen LogP contribution is -2.33. The number of hydrogen-bond donors (Lipinski definition) is 1. The second-order valence-electron chi connectivity index (χ2n) is 7.23. The Morgan fingerprint density at radius 2 is 1.85 bits per heavy atom. The van der Waals surface area contributed by atoms with Crippen molar-refractivity contribution in [1.82, 2.24) is 9.97 Å². The van der Waals surface area contributed by atoms with Gasteiger partial charge in [-0.3, -0.25) is 0 Å². The maximum absolute atomic E-state index is 9.75. The number of rotatable bonds is 4. The van der Waals surface area contributed by atoms with E-state index in [0.29, 0.717) is 17.4 Å². The van der Waals surface area contributed by atoms with E-state index < -0.39 is 0 Å². The average molecular weight is 356 g/mol. The fourth-order valence-electron chi connectivity index (χ4n) is 3.99. The highest BCUT2D eigenvalue weighted by Crippen LogP contribution is 2.30. The summed E-state index contributed by atoms with van der Waals surface area (Å²) in [6.07, 6.45) is 8.38. The predicted molar refractivity (Wildman–Crippen MR) is 111 cm³/mol.